The Bertz CT molecular complexity index is 1150. The van der Waals surface area contributed by atoms with Gasteiger partial charge in [-0.25, -0.2) is 5.43 Å². The zero-order valence-corrected chi connectivity index (χ0v) is 19.7. The molecule has 0 bridgehead atoms. The van der Waals surface area contributed by atoms with Crippen LogP contribution in [0.15, 0.2) is 66.0 Å². The van der Waals surface area contributed by atoms with Gasteiger partial charge in [-0.05, 0) is 81.1 Å². The van der Waals surface area contributed by atoms with Gasteiger partial charge in [-0.1, -0.05) is 24.6 Å². The molecule has 1 aliphatic rings. The van der Waals surface area contributed by atoms with Crippen molar-refractivity contribution in [3.05, 3.63) is 82.6 Å². The fourth-order valence-electron chi connectivity index (χ4n) is 4.76. The highest BCUT2D eigenvalue weighted by molar-refractivity contribution is 6.33. The summed E-state index contributed by atoms with van der Waals surface area (Å²) >= 11 is 6.60. The second-order valence-corrected chi connectivity index (χ2v) is 9.34. The average Bonchev–Trinajstić information content (AvgIpc) is 3.29. The van der Waals surface area contributed by atoms with E-state index in [4.69, 9.17) is 11.6 Å². The minimum Gasteiger partial charge on any atom is -0.366 e. The van der Waals surface area contributed by atoms with Gasteiger partial charge in [0.2, 0.25) is 0 Å². The summed E-state index contributed by atoms with van der Waals surface area (Å²) in [5.74, 6) is 0.148. The minimum atomic E-state index is -0.267. The normalized spacial score (nSPS) is 17.4. The molecule has 1 amide bonds. The van der Waals surface area contributed by atoms with Crippen LogP contribution in [0.1, 0.15) is 61.5 Å². The Morgan fingerprint density at radius 1 is 1.22 bits per heavy atom. The molecule has 1 N–H and O–H groups in total. The Labute approximate surface area is 194 Å². The van der Waals surface area contributed by atoms with Crippen molar-refractivity contribution in [2.24, 2.45) is 5.10 Å². The van der Waals surface area contributed by atoms with Gasteiger partial charge in [0.15, 0.2) is 0 Å². The second kappa shape index (κ2) is 8.83. The van der Waals surface area contributed by atoms with E-state index in [1.54, 1.807) is 12.3 Å². The van der Waals surface area contributed by atoms with Gasteiger partial charge in [0, 0.05) is 47.0 Å². The summed E-state index contributed by atoms with van der Waals surface area (Å²) in [5.41, 5.74) is 7.42. The minimum absolute atomic E-state index is 0.0866. The monoisotopic (exact) mass is 448 g/mol. The van der Waals surface area contributed by atoms with Crippen molar-refractivity contribution in [3.8, 4) is 5.69 Å². The molecule has 5 nitrogen and oxygen atoms in total. The number of nitrogens with one attached hydrogen (secondary N) is 1. The van der Waals surface area contributed by atoms with E-state index >= 15 is 0 Å². The van der Waals surface area contributed by atoms with Crippen LogP contribution in [-0.2, 0) is 0 Å². The predicted molar refractivity (Wildman–Crippen MR) is 132 cm³/mol. The largest absolute Gasteiger partial charge is 0.366 e. The molecule has 0 saturated heterocycles. The quantitative estimate of drug-likeness (QED) is 0.384. The third-order valence-corrected chi connectivity index (χ3v) is 6.53. The molecule has 0 fully saturated rings. The van der Waals surface area contributed by atoms with Crippen LogP contribution in [0.5, 0.6) is 0 Å². The summed E-state index contributed by atoms with van der Waals surface area (Å²) in [5, 5.41) is 4.81. The first-order valence-corrected chi connectivity index (χ1v) is 11.4. The third-order valence-electron chi connectivity index (χ3n) is 6.20. The second-order valence-electron chi connectivity index (χ2n) is 8.93. The zero-order chi connectivity index (χ0) is 22.9. The number of hydrogen-bond donors (Lipinski definition) is 1. The zero-order valence-electron chi connectivity index (χ0n) is 19.0. The molecule has 6 heteroatoms. The number of aromatic nitrogens is 1. The van der Waals surface area contributed by atoms with Crippen molar-refractivity contribution in [1.29, 1.82) is 0 Å². The molecule has 1 aromatic heterocycles. The molecule has 4 rings (SSSR count). The number of hydrazone groups is 1. The van der Waals surface area contributed by atoms with Crippen molar-refractivity contribution in [1.82, 2.24) is 9.99 Å². The van der Waals surface area contributed by atoms with E-state index in [-0.39, 0.29) is 11.4 Å². The summed E-state index contributed by atoms with van der Waals surface area (Å²) in [6.07, 6.45) is 6.57. The lowest BCUT2D eigenvalue weighted by Crippen LogP contribution is -2.48. The van der Waals surface area contributed by atoms with Gasteiger partial charge in [0.25, 0.3) is 5.91 Å². The average molecular weight is 449 g/mol. The molecule has 3 aromatic rings. The summed E-state index contributed by atoms with van der Waals surface area (Å²) in [6.45, 7) is 9.91. The molecule has 1 atom stereocenters. The standard InChI is InChI=1S/C26H29ClN4O/c1-5-31-24-15-23(27)20(14-22(24)18(2)16-26(31,3)4)17-28-29-25(32)19-9-8-10-21(13-19)30-11-6-7-12-30/h6-15,17-18H,5,16H2,1-4H3,(H,29,32)/b28-17+. The molecule has 1 unspecified atom stereocenters. The smallest absolute Gasteiger partial charge is 0.271 e. The number of rotatable bonds is 5. The number of nitrogens with zero attached hydrogens (tertiary/aromatic N) is 3. The van der Waals surface area contributed by atoms with Crippen molar-refractivity contribution in [3.63, 3.8) is 0 Å². The maximum absolute atomic E-state index is 12.6. The summed E-state index contributed by atoms with van der Waals surface area (Å²) in [6, 6.07) is 15.4. The Morgan fingerprint density at radius 3 is 2.69 bits per heavy atom. The summed E-state index contributed by atoms with van der Waals surface area (Å²) < 4.78 is 1.95. The highest BCUT2D eigenvalue weighted by atomic mass is 35.5. The number of carbonyl (C=O) groups is 1. The molecular weight excluding hydrogens is 420 g/mol. The molecule has 32 heavy (non-hydrogen) atoms. The number of benzene rings is 2. The SMILES string of the molecule is CCN1c2cc(Cl)c(/C=N/NC(=O)c3cccc(-n4cccc4)c3)cc2C(C)CC1(C)C. The van der Waals surface area contributed by atoms with Gasteiger partial charge < -0.3 is 9.47 Å². The Balaban J connectivity index is 1.53. The molecule has 0 saturated carbocycles. The van der Waals surface area contributed by atoms with Crippen molar-refractivity contribution >= 4 is 29.4 Å². The molecule has 166 valence electrons. The third kappa shape index (κ3) is 4.30. The Hall–Kier alpha value is -3.05. The molecular formula is C26H29ClN4O. The summed E-state index contributed by atoms with van der Waals surface area (Å²) in [7, 11) is 0. The van der Waals surface area contributed by atoms with Crippen LogP contribution in [0.2, 0.25) is 5.02 Å². The van der Waals surface area contributed by atoms with Gasteiger partial charge in [0.05, 0.1) is 11.2 Å². The van der Waals surface area contributed by atoms with E-state index < -0.39 is 0 Å². The van der Waals surface area contributed by atoms with Crippen LogP contribution in [0.3, 0.4) is 0 Å². The first kappa shape index (κ1) is 22.2. The Kier molecular flexibility index (Phi) is 6.11. The number of carbonyl (C=O) groups excluding carboxylic acids is 1. The van der Waals surface area contributed by atoms with Gasteiger partial charge in [-0.2, -0.15) is 5.10 Å². The molecule has 0 radical (unpaired) electrons. The van der Waals surface area contributed by atoms with Crippen molar-refractivity contribution < 1.29 is 4.79 Å². The highest BCUT2D eigenvalue weighted by Gasteiger charge is 2.35. The van der Waals surface area contributed by atoms with E-state index in [2.05, 4.69) is 49.2 Å². The van der Waals surface area contributed by atoms with E-state index in [9.17, 15) is 4.79 Å². The number of halogens is 1. The fraction of sp³-hybridized carbons (Fsp3) is 0.308. The highest BCUT2D eigenvalue weighted by Crippen LogP contribution is 2.44. The first-order chi connectivity index (χ1) is 15.3. The van der Waals surface area contributed by atoms with Crippen molar-refractivity contribution in [2.45, 2.75) is 45.6 Å². The van der Waals surface area contributed by atoms with Crippen LogP contribution >= 0.6 is 11.6 Å². The maximum Gasteiger partial charge on any atom is 0.271 e. The lowest BCUT2D eigenvalue weighted by atomic mass is 9.79. The van der Waals surface area contributed by atoms with Gasteiger partial charge >= 0.3 is 0 Å². The van der Waals surface area contributed by atoms with E-state index in [1.165, 1.54) is 11.3 Å². The summed E-state index contributed by atoms with van der Waals surface area (Å²) in [4.78, 5) is 15.0. The van der Waals surface area contributed by atoms with Gasteiger partial charge in [0.1, 0.15) is 0 Å². The molecule has 1 aliphatic heterocycles. The molecule has 2 aromatic carbocycles. The van der Waals surface area contributed by atoms with E-state index in [0.29, 0.717) is 16.5 Å². The number of hydrogen-bond acceptors (Lipinski definition) is 3. The number of fused-ring (bicyclic) bond motifs is 1. The van der Waals surface area contributed by atoms with Crippen molar-refractivity contribution in [2.75, 3.05) is 11.4 Å². The maximum atomic E-state index is 12.6. The first-order valence-electron chi connectivity index (χ1n) is 11.0. The van der Waals surface area contributed by atoms with Crippen LogP contribution in [0, 0.1) is 0 Å². The van der Waals surface area contributed by atoms with Crippen LogP contribution in [0.4, 0.5) is 5.69 Å². The molecule has 0 aliphatic carbocycles. The van der Waals surface area contributed by atoms with Crippen LogP contribution < -0.4 is 10.3 Å². The van der Waals surface area contributed by atoms with Gasteiger partial charge in [-0.15, -0.1) is 0 Å². The number of amides is 1. The topological polar surface area (TPSA) is 49.6 Å². The predicted octanol–water partition coefficient (Wildman–Crippen LogP) is 6.01. The molecule has 2 heterocycles. The van der Waals surface area contributed by atoms with Crippen LogP contribution in [-0.4, -0.2) is 28.8 Å². The lowest BCUT2D eigenvalue weighted by Gasteiger charge is -2.47. The lowest BCUT2D eigenvalue weighted by molar-refractivity contribution is 0.0955. The molecule has 0 spiro atoms. The van der Waals surface area contributed by atoms with Gasteiger partial charge in [-0.3, -0.25) is 4.79 Å². The van der Waals surface area contributed by atoms with E-state index in [1.807, 2.05) is 53.4 Å². The van der Waals surface area contributed by atoms with E-state index in [0.717, 1.165) is 24.2 Å². The Morgan fingerprint density at radius 2 is 1.97 bits per heavy atom. The fourth-order valence-corrected chi connectivity index (χ4v) is 4.96. The number of anilines is 1. The van der Waals surface area contributed by atoms with Crippen LogP contribution in [0.25, 0.3) is 5.69 Å².